The molecule has 104 valence electrons. The maximum Gasteiger partial charge on any atom is 0.138 e. The van der Waals surface area contributed by atoms with Crippen LogP contribution in [0.4, 0.5) is 0 Å². The average Bonchev–Trinajstić information content (AvgIpc) is 2.72. The van der Waals surface area contributed by atoms with Crippen molar-refractivity contribution >= 4 is 0 Å². The maximum atomic E-state index is 5.21. The summed E-state index contributed by atoms with van der Waals surface area (Å²) in [7, 11) is 3.70. The average molecular weight is 254 g/mol. The molecule has 0 aromatic carbocycles. The van der Waals surface area contributed by atoms with Crippen LogP contribution in [0, 0.1) is 5.92 Å². The molecule has 0 radical (unpaired) electrons. The Morgan fingerprint density at radius 1 is 1.50 bits per heavy atom. The van der Waals surface area contributed by atoms with Gasteiger partial charge in [-0.25, -0.2) is 4.98 Å². The Morgan fingerprint density at radius 3 is 2.83 bits per heavy atom. The van der Waals surface area contributed by atoms with Crippen LogP contribution in [0.1, 0.15) is 32.5 Å². The number of nitrogens with zero attached hydrogens (tertiary/aromatic N) is 3. The highest BCUT2D eigenvalue weighted by atomic mass is 16.5. The van der Waals surface area contributed by atoms with Gasteiger partial charge < -0.3 is 10.1 Å². The molecule has 1 rings (SSSR count). The lowest BCUT2D eigenvalue weighted by atomic mass is 9.99. The van der Waals surface area contributed by atoms with Gasteiger partial charge >= 0.3 is 0 Å². The standard InChI is InChI=1S/C13H26N4O/c1-5-6-14-12(7-11(2)9-18-4)8-13-15-10-16-17(13)3/h10-12,14H,5-9H2,1-4H3. The minimum absolute atomic E-state index is 0.443. The first-order valence-electron chi connectivity index (χ1n) is 6.72. The molecule has 0 fully saturated rings. The lowest BCUT2D eigenvalue weighted by Gasteiger charge is -2.21. The number of rotatable bonds is 9. The predicted molar refractivity (Wildman–Crippen MR) is 72.4 cm³/mol. The van der Waals surface area contributed by atoms with Gasteiger partial charge in [0.1, 0.15) is 12.2 Å². The Balaban J connectivity index is 2.52. The van der Waals surface area contributed by atoms with Crippen molar-refractivity contribution in [3.63, 3.8) is 0 Å². The molecule has 2 unspecified atom stereocenters. The quantitative estimate of drug-likeness (QED) is 0.723. The Morgan fingerprint density at radius 2 is 2.28 bits per heavy atom. The lowest BCUT2D eigenvalue weighted by Crippen LogP contribution is -2.35. The van der Waals surface area contributed by atoms with E-state index in [1.165, 1.54) is 0 Å². The van der Waals surface area contributed by atoms with Crippen LogP contribution in [0.3, 0.4) is 0 Å². The second-order valence-corrected chi connectivity index (χ2v) is 4.95. The third-order valence-corrected chi connectivity index (χ3v) is 3.06. The van der Waals surface area contributed by atoms with Gasteiger partial charge in [0.2, 0.25) is 0 Å². The minimum Gasteiger partial charge on any atom is -0.384 e. The predicted octanol–water partition coefficient (Wildman–Crippen LogP) is 1.40. The van der Waals surface area contributed by atoms with Gasteiger partial charge in [0.15, 0.2) is 0 Å². The summed E-state index contributed by atoms with van der Waals surface area (Å²) in [6.45, 7) is 6.26. The van der Waals surface area contributed by atoms with E-state index in [0.717, 1.165) is 38.2 Å². The van der Waals surface area contributed by atoms with Crippen LogP contribution in [-0.4, -0.2) is 41.1 Å². The minimum atomic E-state index is 0.443. The van der Waals surface area contributed by atoms with E-state index in [4.69, 9.17) is 4.74 Å². The number of ether oxygens (including phenoxy) is 1. The highest BCUT2D eigenvalue weighted by molar-refractivity contribution is 4.89. The summed E-state index contributed by atoms with van der Waals surface area (Å²) in [6, 6.07) is 0.443. The Kier molecular flexibility index (Phi) is 6.90. The van der Waals surface area contributed by atoms with Crippen molar-refractivity contribution < 1.29 is 4.74 Å². The first-order valence-corrected chi connectivity index (χ1v) is 6.72. The van der Waals surface area contributed by atoms with Crippen LogP contribution in [0.25, 0.3) is 0 Å². The molecular weight excluding hydrogens is 228 g/mol. The van der Waals surface area contributed by atoms with Gasteiger partial charge in [-0.15, -0.1) is 0 Å². The molecule has 5 heteroatoms. The summed E-state index contributed by atoms with van der Waals surface area (Å²) >= 11 is 0. The summed E-state index contributed by atoms with van der Waals surface area (Å²) in [6.07, 6.45) is 4.78. The fourth-order valence-corrected chi connectivity index (χ4v) is 2.15. The van der Waals surface area contributed by atoms with Crippen LogP contribution in [0.2, 0.25) is 0 Å². The van der Waals surface area contributed by atoms with E-state index < -0.39 is 0 Å². The van der Waals surface area contributed by atoms with Crippen molar-refractivity contribution in [3.8, 4) is 0 Å². The molecule has 0 spiro atoms. The number of hydrogen-bond acceptors (Lipinski definition) is 4. The topological polar surface area (TPSA) is 52.0 Å². The van der Waals surface area contributed by atoms with E-state index >= 15 is 0 Å². The van der Waals surface area contributed by atoms with Gasteiger partial charge in [0.05, 0.1) is 0 Å². The SMILES string of the molecule is CCCNC(Cc1ncnn1C)CC(C)COC. The molecule has 18 heavy (non-hydrogen) atoms. The Bertz CT molecular complexity index is 327. The molecule has 1 aromatic heterocycles. The molecule has 1 heterocycles. The van der Waals surface area contributed by atoms with Gasteiger partial charge in [0, 0.05) is 33.2 Å². The lowest BCUT2D eigenvalue weighted by molar-refractivity contribution is 0.149. The largest absolute Gasteiger partial charge is 0.384 e. The molecular formula is C13H26N4O. The highest BCUT2D eigenvalue weighted by Crippen LogP contribution is 2.10. The second-order valence-electron chi connectivity index (χ2n) is 4.95. The molecule has 0 bridgehead atoms. The zero-order chi connectivity index (χ0) is 13.4. The zero-order valence-electron chi connectivity index (χ0n) is 12.0. The number of aromatic nitrogens is 3. The molecule has 2 atom stereocenters. The maximum absolute atomic E-state index is 5.21. The van der Waals surface area contributed by atoms with Crippen molar-refractivity contribution in [2.75, 3.05) is 20.3 Å². The normalized spacial score (nSPS) is 14.7. The monoisotopic (exact) mass is 254 g/mol. The summed E-state index contributed by atoms with van der Waals surface area (Å²) in [5, 5.41) is 7.71. The third-order valence-electron chi connectivity index (χ3n) is 3.06. The summed E-state index contributed by atoms with van der Waals surface area (Å²) in [5.41, 5.74) is 0. The molecule has 0 aliphatic rings. The van der Waals surface area contributed by atoms with Crippen LogP contribution in [-0.2, 0) is 18.2 Å². The van der Waals surface area contributed by atoms with Crippen molar-refractivity contribution in [2.45, 2.75) is 39.2 Å². The molecule has 1 N–H and O–H groups in total. The van der Waals surface area contributed by atoms with Crippen LogP contribution in [0.15, 0.2) is 6.33 Å². The van der Waals surface area contributed by atoms with Gasteiger partial charge in [-0.2, -0.15) is 5.10 Å². The number of nitrogens with one attached hydrogen (secondary N) is 1. The van der Waals surface area contributed by atoms with E-state index in [-0.39, 0.29) is 0 Å². The van der Waals surface area contributed by atoms with Crippen LogP contribution >= 0.6 is 0 Å². The fourth-order valence-electron chi connectivity index (χ4n) is 2.15. The summed E-state index contributed by atoms with van der Waals surface area (Å²) < 4.78 is 7.06. The molecule has 5 nitrogen and oxygen atoms in total. The Hall–Kier alpha value is -0.940. The summed E-state index contributed by atoms with van der Waals surface area (Å²) in [5.74, 6) is 1.59. The smallest absolute Gasteiger partial charge is 0.138 e. The van der Waals surface area contributed by atoms with E-state index in [2.05, 4.69) is 29.2 Å². The summed E-state index contributed by atoms with van der Waals surface area (Å²) in [4.78, 5) is 4.30. The molecule has 0 amide bonds. The second kappa shape index (κ2) is 8.21. The molecule has 0 saturated carbocycles. The first-order chi connectivity index (χ1) is 8.67. The van der Waals surface area contributed by atoms with Crippen molar-refractivity contribution in [2.24, 2.45) is 13.0 Å². The van der Waals surface area contributed by atoms with Gasteiger partial charge in [0.25, 0.3) is 0 Å². The number of methoxy groups -OCH3 is 1. The van der Waals surface area contributed by atoms with Gasteiger partial charge in [-0.05, 0) is 25.3 Å². The number of hydrogen-bond donors (Lipinski definition) is 1. The first kappa shape index (κ1) is 15.1. The molecule has 0 aliphatic heterocycles. The van der Waals surface area contributed by atoms with Gasteiger partial charge in [-0.3, -0.25) is 4.68 Å². The molecule has 1 aromatic rings. The number of aryl methyl sites for hydroxylation is 1. The van der Waals surface area contributed by atoms with E-state index in [9.17, 15) is 0 Å². The molecule has 0 saturated heterocycles. The van der Waals surface area contributed by atoms with Crippen molar-refractivity contribution in [3.05, 3.63) is 12.2 Å². The van der Waals surface area contributed by atoms with Crippen LogP contribution in [0.5, 0.6) is 0 Å². The van der Waals surface area contributed by atoms with Crippen molar-refractivity contribution in [1.29, 1.82) is 0 Å². The highest BCUT2D eigenvalue weighted by Gasteiger charge is 2.15. The van der Waals surface area contributed by atoms with Crippen molar-refractivity contribution in [1.82, 2.24) is 20.1 Å². The van der Waals surface area contributed by atoms with E-state index in [1.807, 2.05) is 11.7 Å². The molecule has 0 aliphatic carbocycles. The zero-order valence-corrected chi connectivity index (χ0v) is 12.0. The van der Waals surface area contributed by atoms with Gasteiger partial charge in [-0.1, -0.05) is 13.8 Å². The fraction of sp³-hybridized carbons (Fsp3) is 0.846. The van der Waals surface area contributed by atoms with E-state index in [0.29, 0.717) is 12.0 Å². The Labute approximate surface area is 110 Å². The van der Waals surface area contributed by atoms with E-state index in [1.54, 1.807) is 13.4 Å². The van der Waals surface area contributed by atoms with Crippen LogP contribution < -0.4 is 5.32 Å². The third kappa shape index (κ3) is 5.14.